The first-order chi connectivity index (χ1) is 18.6. The molecule has 6 rings (SSSR count). The van der Waals surface area contributed by atoms with Gasteiger partial charge in [-0.1, -0.05) is 18.9 Å². The fourth-order valence-corrected chi connectivity index (χ4v) is 6.12. The van der Waals surface area contributed by atoms with Crippen molar-refractivity contribution in [3.8, 4) is 5.95 Å². The highest BCUT2D eigenvalue weighted by atomic mass is 19.1. The second-order valence-electron chi connectivity index (χ2n) is 10.9. The Kier molecular flexibility index (Phi) is 7.51. The minimum absolute atomic E-state index is 0.188. The van der Waals surface area contributed by atoms with Crippen LogP contribution in [0.2, 0.25) is 0 Å². The zero-order chi connectivity index (χ0) is 25.9. The summed E-state index contributed by atoms with van der Waals surface area (Å²) in [5.41, 5.74) is 9.72. The summed E-state index contributed by atoms with van der Waals surface area (Å²) >= 11 is 0. The second kappa shape index (κ2) is 11.3. The SMILES string of the molecule is Nc1nc(Nc2ccc(CN3CCC(N4CCCC4)CC3)c(F)c2)nn1-c1ncc2c(n1)CCCCCC2. The van der Waals surface area contributed by atoms with Crippen LogP contribution in [0.25, 0.3) is 5.95 Å². The van der Waals surface area contributed by atoms with Gasteiger partial charge in [0.25, 0.3) is 5.95 Å². The molecule has 3 N–H and O–H groups in total. The predicted molar refractivity (Wildman–Crippen MR) is 146 cm³/mol. The van der Waals surface area contributed by atoms with E-state index in [1.807, 2.05) is 18.3 Å². The van der Waals surface area contributed by atoms with Gasteiger partial charge in [-0.05, 0) is 95.2 Å². The fourth-order valence-electron chi connectivity index (χ4n) is 6.12. The lowest BCUT2D eigenvalue weighted by atomic mass is 9.98. The molecule has 202 valence electrons. The summed E-state index contributed by atoms with van der Waals surface area (Å²) in [6.07, 6.45) is 13.6. The summed E-state index contributed by atoms with van der Waals surface area (Å²) in [5.74, 6) is 0.660. The number of halogens is 1. The largest absolute Gasteiger partial charge is 0.368 e. The van der Waals surface area contributed by atoms with Gasteiger partial charge in [0.15, 0.2) is 0 Å². The summed E-state index contributed by atoms with van der Waals surface area (Å²) in [6.45, 7) is 5.16. The van der Waals surface area contributed by atoms with Gasteiger partial charge in [0.05, 0.1) is 0 Å². The van der Waals surface area contributed by atoms with Crippen molar-refractivity contribution < 1.29 is 4.39 Å². The van der Waals surface area contributed by atoms with Gasteiger partial charge in [-0.25, -0.2) is 14.4 Å². The molecule has 0 saturated carbocycles. The lowest BCUT2D eigenvalue weighted by molar-refractivity contribution is 0.122. The number of fused-ring (bicyclic) bond motifs is 1. The molecule has 0 spiro atoms. The maximum atomic E-state index is 15.0. The molecule has 3 aromatic rings. The molecule has 10 heteroatoms. The van der Waals surface area contributed by atoms with Gasteiger partial charge in [-0.2, -0.15) is 9.67 Å². The maximum absolute atomic E-state index is 15.0. The number of nitrogens with one attached hydrogen (secondary N) is 1. The lowest BCUT2D eigenvalue weighted by Gasteiger charge is -2.36. The molecule has 0 radical (unpaired) electrons. The van der Waals surface area contributed by atoms with Crippen molar-refractivity contribution in [2.24, 2.45) is 0 Å². The molecule has 2 saturated heterocycles. The molecule has 0 unspecified atom stereocenters. The van der Waals surface area contributed by atoms with Crippen LogP contribution in [0.5, 0.6) is 0 Å². The Balaban J connectivity index is 1.09. The van der Waals surface area contributed by atoms with Crippen LogP contribution in [0.15, 0.2) is 24.4 Å². The van der Waals surface area contributed by atoms with E-state index in [9.17, 15) is 0 Å². The van der Waals surface area contributed by atoms with E-state index in [2.05, 4.69) is 30.2 Å². The minimum Gasteiger partial charge on any atom is -0.368 e. The van der Waals surface area contributed by atoms with E-state index in [4.69, 9.17) is 10.7 Å². The third-order valence-corrected chi connectivity index (χ3v) is 8.29. The molecule has 38 heavy (non-hydrogen) atoms. The van der Waals surface area contributed by atoms with Gasteiger partial charge in [0, 0.05) is 35.7 Å². The molecular weight excluding hydrogens is 481 g/mol. The number of piperidine rings is 1. The minimum atomic E-state index is -0.228. The predicted octanol–water partition coefficient (Wildman–Crippen LogP) is 4.24. The van der Waals surface area contributed by atoms with Gasteiger partial charge in [-0.15, -0.1) is 5.10 Å². The Morgan fingerprint density at radius 1 is 0.947 bits per heavy atom. The molecule has 2 aromatic heterocycles. The van der Waals surface area contributed by atoms with Gasteiger partial charge in [0.1, 0.15) is 5.82 Å². The topological polar surface area (TPSA) is 101 Å². The number of anilines is 3. The van der Waals surface area contributed by atoms with Crippen molar-refractivity contribution in [1.82, 2.24) is 34.5 Å². The summed E-state index contributed by atoms with van der Waals surface area (Å²) in [4.78, 5) is 18.6. The molecule has 4 heterocycles. The van der Waals surface area contributed by atoms with E-state index in [-0.39, 0.29) is 17.7 Å². The van der Waals surface area contributed by atoms with Gasteiger partial charge in [-0.3, -0.25) is 4.90 Å². The molecule has 0 bridgehead atoms. The van der Waals surface area contributed by atoms with E-state index in [1.165, 1.54) is 74.3 Å². The van der Waals surface area contributed by atoms with Crippen LogP contribution in [0.3, 0.4) is 0 Å². The van der Waals surface area contributed by atoms with E-state index in [1.54, 1.807) is 0 Å². The molecular formula is C28H38FN9. The maximum Gasteiger partial charge on any atom is 0.254 e. The molecule has 1 aliphatic carbocycles. The third kappa shape index (κ3) is 5.66. The lowest BCUT2D eigenvalue weighted by Crippen LogP contribution is -2.43. The van der Waals surface area contributed by atoms with E-state index in [0.717, 1.165) is 38.0 Å². The van der Waals surface area contributed by atoms with E-state index in [0.29, 0.717) is 29.8 Å². The molecule has 1 aromatic carbocycles. The van der Waals surface area contributed by atoms with Crippen LogP contribution in [0, 0.1) is 5.82 Å². The average molecular weight is 520 g/mol. The van der Waals surface area contributed by atoms with Crippen LogP contribution in [-0.4, -0.2) is 66.8 Å². The summed E-state index contributed by atoms with van der Waals surface area (Å²) < 4.78 is 16.5. The molecule has 0 amide bonds. The van der Waals surface area contributed by atoms with E-state index < -0.39 is 0 Å². The molecule has 2 fully saturated rings. The quantitative estimate of drug-likeness (QED) is 0.499. The number of aryl methyl sites for hydroxylation is 2. The second-order valence-corrected chi connectivity index (χ2v) is 10.9. The first kappa shape index (κ1) is 25.2. The van der Waals surface area contributed by atoms with Gasteiger partial charge in [0.2, 0.25) is 11.9 Å². The van der Waals surface area contributed by atoms with E-state index >= 15 is 4.39 Å². The van der Waals surface area contributed by atoms with Gasteiger partial charge < -0.3 is 16.0 Å². The van der Waals surface area contributed by atoms with Gasteiger partial charge >= 0.3 is 0 Å². The number of benzene rings is 1. The van der Waals surface area contributed by atoms with Crippen LogP contribution in [-0.2, 0) is 19.4 Å². The zero-order valence-corrected chi connectivity index (χ0v) is 22.1. The highest BCUT2D eigenvalue weighted by Gasteiger charge is 2.26. The first-order valence-electron chi connectivity index (χ1n) is 14.2. The number of nitrogens with two attached hydrogens (primary N) is 1. The summed E-state index contributed by atoms with van der Waals surface area (Å²) in [5, 5.41) is 7.55. The Hall–Kier alpha value is -3.11. The van der Waals surface area contributed by atoms with Crippen molar-refractivity contribution in [1.29, 1.82) is 0 Å². The molecule has 3 aliphatic rings. The Morgan fingerprint density at radius 2 is 1.74 bits per heavy atom. The first-order valence-corrected chi connectivity index (χ1v) is 14.2. The van der Waals surface area contributed by atoms with Crippen molar-refractivity contribution in [3.05, 3.63) is 47.0 Å². The smallest absolute Gasteiger partial charge is 0.254 e. The highest BCUT2D eigenvalue weighted by molar-refractivity contribution is 5.55. The zero-order valence-electron chi connectivity index (χ0n) is 22.1. The number of nitrogens with zero attached hydrogens (tertiary/aromatic N) is 7. The van der Waals surface area contributed by atoms with Crippen LogP contribution < -0.4 is 11.1 Å². The Morgan fingerprint density at radius 3 is 2.53 bits per heavy atom. The van der Waals surface area contributed by atoms with Crippen molar-refractivity contribution in [2.45, 2.75) is 76.8 Å². The monoisotopic (exact) mass is 519 g/mol. The van der Waals surface area contributed by atoms with Crippen molar-refractivity contribution in [2.75, 3.05) is 37.2 Å². The number of aromatic nitrogens is 5. The van der Waals surface area contributed by atoms with Crippen LogP contribution >= 0.6 is 0 Å². The normalized spacial score (nSPS) is 19.7. The number of nitrogen functional groups attached to an aromatic ring is 1. The van der Waals surface area contributed by atoms with Crippen LogP contribution in [0.4, 0.5) is 22.0 Å². The number of hydrogen-bond acceptors (Lipinski definition) is 8. The number of hydrogen-bond donors (Lipinski definition) is 2. The average Bonchev–Trinajstić information content (AvgIpc) is 3.57. The van der Waals surface area contributed by atoms with Crippen molar-refractivity contribution in [3.63, 3.8) is 0 Å². The Labute approximate surface area is 223 Å². The third-order valence-electron chi connectivity index (χ3n) is 8.29. The molecule has 9 nitrogen and oxygen atoms in total. The molecule has 2 aliphatic heterocycles. The number of rotatable bonds is 6. The fraction of sp³-hybridized carbons (Fsp3) is 0.571. The highest BCUT2D eigenvalue weighted by Crippen LogP contribution is 2.25. The number of likely N-dealkylation sites (tertiary alicyclic amines) is 2. The Bertz CT molecular complexity index is 1250. The summed E-state index contributed by atoms with van der Waals surface area (Å²) in [6, 6.07) is 5.92. The summed E-state index contributed by atoms with van der Waals surface area (Å²) in [7, 11) is 0. The van der Waals surface area contributed by atoms with Crippen molar-refractivity contribution >= 4 is 17.6 Å². The standard InChI is InChI=1S/C28H38FN9/c29-24-17-22(10-9-21(24)19-36-15-11-23(12-16-36)37-13-5-6-14-37)32-27-34-26(30)38(35-27)28-31-18-20-7-3-1-2-4-8-25(20)33-28/h9-10,17-18,23H,1-8,11-16,19H2,(H3,30,32,34,35). The van der Waals surface area contributed by atoms with Crippen LogP contribution in [0.1, 0.15) is 68.2 Å². The molecule has 0 atom stereocenters.